The minimum Gasteiger partial charge on any atom is -0.484 e. The highest BCUT2D eigenvalue weighted by atomic mass is 32.2. The zero-order valence-corrected chi connectivity index (χ0v) is 18.0. The SMILES string of the molecule is O=C(CCSc1ccccc1)N/N=C\c1ccc(OCC(=O)Nc2ccc(F)cc2)cc1. The molecule has 2 amide bonds. The van der Waals surface area contributed by atoms with Gasteiger partial charge in [-0.05, 0) is 66.2 Å². The lowest BCUT2D eigenvalue weighted by Gasteiger charge is -2.07. The van der Waals surface area contributed by atoms with E-state index in [1.807, 2.05) is 30.3 Å². The lowest BCUT2D eigenvalue weighted by molar-refractivity contribution is -0.120. The number of anilines is 1. The van der Waals surface area contributed by atoms with Crippen molar-refractivity contribution in [3.8, 4) is 5.75 Å². The fourth-order valence-electron chi connectivity index (χ4n) is 2.54. The third-order valence-corrected chi connectivity index (χ3v) is 5.14. The maximum Gasteiger partial charge on any atom is 0.262 e. The molecule has 32 heavy (non-hydrogen) atoms. The van der Waals surface area contributed by atoms with Gasteiger partial charge in [-0.25, -0.2) is 9.82 Å². The van der Waals surface area contributed by atoms with Gasteiger partial charge in [0.05, 0.1) is 6.21 Å². The van der Waals surface area contributed by atoms with Gasteiger partial charge >= 0.3 is 0 Å². The van der Waals surface area contributed by atoms with Crippen molar-refractivity contribution in [1.29, 1.82) is 0 Å². The topological polar surface area (TPSA) is 79.8 Å². The summed E-state index contributed by atoms with van der Waals surface area (Å²) in [4.78, 5) is 24.9. The number of rotatable bonds is 10. The van der Waals surface area contributed by atoms with Crippen molar-refractivity contribution in [3.63, 3.8) is 0 Å². The van der Waals surface area contributed by atoms with E-state index in [1.165, 1.54) is 30.5 Å². The Kier molecular flexibility index (Phi) is 8.82. The summed E-state index contributed by atoms with van der Waals surface area (Å²) in [5.41, 5.74) is 3.77. The third-order valence-electron chi connectivity index (χ3n) is 4.12. The third kappa shape index (κ3) is 8.23. The van der Waals surface area contributed by atoms with Crippen LogP contribution in [0.5, 0.6) is 5.75 Å². The van der Waals surface area contributed by atoms with Gasteiger partial charge in [0, 0.05) is 22.8 Å². The van der Waals surface area contributed by atoms with E-state index in [0.29, 0.717) is 23.6 Å². The first-order valence-corrected chi connectivity index (χ1v) is 10.8. The summed E-state index contributed by atoms with van der Waals surface area (Å²) in [7, 11) is 0. The summed E-state index contributed by atoms with van der Waals surface area (Å²) in [5.74, 6) is 0.307. The van der Waals surface area contributed by atoms with Crippen LogP contribution in [0, 0.1) is 5.82 Å². The number of hydrazone groups is 1. The summed E-state index contributed by atoms with van der Waals surface area (Å²) in [6.07, 6.45) is 1.90. The molecule has 0 aromatic heterocycles. The molecule has 0 atom stereocenters. The molecule has 3 aromatic carbocycles. The number of nitrogens with zero attached hydrogens (tertiary/aromatic N) is 1. The Labute approximate surface area is 189 Å². The van der Waals surface area contributed by atoms with Crippen LogP contribution in [0.1, 0.15) is 12.0 Å². The standard InChI is InChI=1S/C24H22FN3O3S/c25-19-8-10-20(11-9-19)27-24(30)17-31-21-12-6-18(7-13-21)16-26-28-23(29)14-15-32-22-4-2-1-3-5-22/h1-13,16H,14-15,17H2,(H,27,30)(H,28,29)/b26-16-. The van der Waals surface area contributed by atoms with E-state index < -0.39 is 0 Å². The Hall–Kier alpha value is -3.65. The van der Waals surface area contributed by atoms with Crippen molar-refractivity contribution in [2.24, 2.45) is 5.10 Å². The van der Waals surface area contributed by atoms with Crippen LogP contribution in [-0.2, 0) is 9.59 Å². The second-order valence-electron chi connectivity index (χ2n) is 6.62. The minimum absolute atomic E-state index is 0.156. The normalized spacial score (nSPS) is 10.7. The van der Waals surface area contributed by atoms with Gasteiger partial charge in [-0.15, -0.1) is 11.8 Å². The van der Waals surface area contributed by atoms with E-state index >= 15 is 0 Å². The van der Waals surface area contributed by atoms with Crippen LogP contribution in [0.3, 0.4) is 0 Å². The number of nitrogens with one attached hydrogen (secondary N) is 2. The molecule has 8 heteroatoms. The number of hydrogen-bond acceptors (Lipinski definition) is 5. The van der Waals surface area contributed by atoms with Gasteiger partial charge in [-0.1, -0.05) is 18.2 Å². The van der Waals surface area contributed by atoms with Crippen LogP contribution < -0.4 is 15.5 Å². The zero-order valence-electron chi connectivity index (χ0n) is 17.2. The van der Waals surface area contributed by atoms with Crippen LogP contribution >= 0.6 is 11.8 Å². The predicted molar refractivity (Wildman–Crippen MR) is 124 cm³/mol. The van der Waals surface area contributed by atoms with Gasteiger partial charge < -0.3 is 10.1 Å². The first-order chi connectivity index (χ1) is 15.6. The summed E-state index contributed by atoms with van der Waals surface area (Å²) in [5, 5.41) is 6.58. The van der Waals surface area contributed by atoms with E-state index in [9.17, 15) is 14.0 Å². The van der Waals surface area contributed by atoms with Gasteiger partial charge in [0.1, 0.15) is 11.6 Å². The average Bonchev–Trinajstić information content (AvgIpc) is 2.81. The molecule has 0 aliphatic rings. The molecule has 0 fully saturated rings. The number of carbonyl (C=O) groups is 2. The molecular weight excluding hydrogens is 429 g/mol. The average molecular weight is 452 g/mol. The van der Waals surface area contributed by atoms with Crippen LogP contribution in [0.25, 0.3) is 0 Å². The molecule has 0 saturated carbocycles. The first kappa shape index (κ1) is 23.0. The van der Waals surface area contributed by atoms with Crippen molar-refractivity contribution in [2.75, 3.05) is 17.7 Å². The predicted octanol–water partition coefficient (Wildman–Crippen LogP) is 4.48. The summed E-state index contributed by atoms with van der Waals surface area (Å²) in [6.45, 7) is -0.179. The molecule has 164 valence electrons. The van der Waals surface area contributed by atoms with Crippen molar-refractivity contribution in [2.45, 2.75) is 11.3 Å². The quantitative estimate of drug-likeness (QED) is 0.271. The molecular formula is C24H22FN3O3S. The van der Waals surface area contributed by atoms with Gasteiger partial charge in [-0.2, -0.15) is 5.10 Å². The zero-order chi connectivity index (χ0) is 22.6. The van der Waals surface area contributed by atoms with Crippen LogP contribution in [0.15, 0.2) is 88.9 Å². The molecule has 0 aliphatic carbocycles. The Morgan fingerprint density at radius 3 is 2.38 bits per heavy atom. The lowest BCUT2D eigenvalue weighted by Crippen LogP contribution is -2.20. The number of thioether (sulfide) groups is 1. The largest absolute Gasteiger partial charge is 0.484 e. The molecule has 3 rings (SSSR count). The molecule has 0 heterocycles. The number of carbonyl (C=O) groups excluding carboxylic acids is 2. The van der Waals surface area contributed by atoms with Gasteiger partial charge in [0.2, 0.25) is 5.91 Å². The van der Waals surface area contributed by atoms with Gasteiger partial charge in [0.15, 0.2) is 6.61 Å². The molecule has 0 bridgehead atoms. The van der Waals surface area contributed by atoms with Crippen LogP contribution in [0.4, 0.5) is 10.1 Å². The van der Waals surface area contributed by atoms with E-state index in [-0.39, 0.29) is 24.2 Å². The van der Waals surface area contributed by atoms with Crippen molar-refractivity contribution >= 4 is 35.5 Å². The monoisotopic (exact) mass is 451 g/mol. The Morgan fingerprint density at radius 2 is 1.66 bits per heavy atom. The fraction of sp³-hybridized carbons (Fsp3) is 0.125. The maximum atomic E-state index is 12.9. The number of hydrogen-bond donors (Lipinski definition) is 2. The van der Waals surface area contributed by atoms with Gasteiger partial charge in [-0.3, -0.25) is 9.59 Å². The maximum absolute atomic E-state index is 12.9. The van der Waals surface area contributed by atoms with E-state index in [1.54, 1.807) is 36.0 Å². The molecule has 0 spiro atoms. The number of ether oxygens (including phenoxy) is 1. The molecule has 0 aliphatic heterocycles. The molecule has 2 N–H and O–H groups in total. The molecule has 0 unspecified atom stereocenters. The number of benzene rings is 3. The number of halogens is 1. The summed E-state index contributed by atoms with van der Waals surface area (Å²) < 4.78 is 18.3. The number of amides is 2. The molecule has 0 saturated heterocycles. The van der Waals surface area contributed by atoms with Crippen LogP contribution in [-0.4, -0.2) is 30.4 Å². The summed E-state index contributed by atoms with van der Waals surface area (Å²) >= 11 is 1.62. The van der Waals surface area contributed by atoms with E-state index in [0.717, 1.165) is 10.5 Å². The van der Waals surface area contributed by atoms with E-state index in [4.69, 9.17) is 4.74 Å². The second-order valence-corrected chi connectivity index (χ2v) is 7.79. The summed E-state index contributed by atoms with van der Waals surface area (Å²) in [6, 6.07) is 22.3. The molecule has 6 nitrogen and oxygen atoms in total. The Balaban J connectivity index is 1.35. The molecule has 0 radical (unpaired) electrons. The Morgan fingerprint density at radius 1 is 0.938 bits per heavy atom. The Bertz CT molecular complexity index is 1040. The van der Waals surface area contributed by atoms with Crippen molar-refractivity contribution < 1.29 is 18.7 Å². The van der Waals surface area contributed by atoms with Crippen molar-refractivity contribution in [1.82, 2.24) is 5.43 Å². The smallest absolute Gasteiger partial charge is 0.262 e. The van der Waals surface area contributed by atoms with Crippen LogP contribution in [0.2, 0.25) is 0 Å². The highest BCUT2D eigenvalue weighted by molar-refractivity contribution is 7.99. The highest BCUT2D eigenvalue weighted by Gasteiger charge is 2.04. The van der Waals surface area contributed by atoms with Gasteiger partial charge in [0.25, 0.3) is 5.91 Å². The van der Waals surface area contributed by atoms with E-state index in [2.05, 4.69) is 15.8 Å². The molecule has 3 aromatic rings. The fourth-order valence-corrected chi connectivity index (χ4v) is 3.42. The lowest BCUT2D eigenvalue weighted by atomic mass is 10.2. The minimum atomic E-state index is -0.371. The first-order valence-electron chi connectivity index (χ1n) is 9.86. The highest BCUT2D eigenvalue weighted by Crippen LogP contribution is 2.17. The second kappa shape index (κ2) is 12.3. The van der Waals surface area contributed by atoms with Crippen molar-refractivity contribution in [3.05, 3.63) is 90.2 Å².